The van der Waals surface area contributed by atoms with E-state index in [2.05, 4.69) is 25.9 Å². The van der Waals surface area contributed by atoms with E-state index >= 15 is 0 Å². The number of aliphatic imine (C=N–C) groups is 1. The number of aromatic nitrogens is 1. The number of ether oxygens (including phenoxy) is 1. The monoisotopic (exact) mass is 817 g/mol. The topological polar surface area (TPSA) is 249 Å². The lowest BCUT2D eigenvalue weighted by Crippen LogP contribution is -2.54. The average Bonchev–Trinajstić information content (AvgIpc) is 3.56. The molecule has 0 fully saturated rings. The minimum absolute atomic E-state index is 0.00291. The number of hydrazine groups is 1. The number of carbonyl (C=O) groups is 4. The average molecular weight is 818 g/mol. The minimum atomic E-state index is -1.15. The summed E-state index contributed by atoms with van der Waals surface area (Å²) in [5.41, 5.74) is 15.8. The zero-order valence-corrected chi connectivity index (χ0v) is 33.6. The van der Waals surface area contributed by atoms with Gasteiger partial charge >= 0.3 is 6.09 Å². The number of nitrogens with two attached hydrogens (primary N) is 2. The van der Waals surface area contributed by atoms with Crippen LogP contribution in [0.25, 0.3) is 10.9 Å². The molecule has 0 aliphatic rings. The first-order valence-corrected chi connectivity index (χ1v) is 19.4. The van der Waals surface area contributed by atoms with Crippen LogP contribution in [0.5, 0.6) is 0 Å². The maximum Gasteiger partial charge on any atom is 0.407 e. The number of nitrogens with one attached hydrogen (secondary N) is 5. The normalized spacial score (nSPS) is 13.8. The van der Waals surface area contributed by atoms with E-state index in [9.17, 15) is 29.3 Å². The number of nitrogens with zero attached hydrogens (tertiary/aromatic N) is 2. The highest BCUT2D eigenvalue weighted by Crippen LogP contribution is 2.22. The van der Waals surface area contributed by atoms with E-state index in [0.717, 1.165) is 27.6 Å². The molecular formula is C41H52ClN9O7. The number of alkyl carbamates (subject to hydrolysis) is 1. The Bertz CT molecular complexity index is 2030. The first-order valence-electron chi connectivity index (χ1n) is 19.0. The molecule has 3 aromatic carbocycles. The Morgan fingerprint density at radius 3 is 2.16 bits per heavy atom. The molecule has 4 atom stereocenters. The lowest BCUT2D eigenvalue weighted by Gasteiger charge is -2.27. The third kappa shape index (κ3) is 15.1. The Kier molecular flexibility index (Phi) is 16.4. The molecule has 4 aromatic rings. The van der Waals surface area contributed by atoms with Crippen LogP contribution >= 0.6 is 11.6 Å². The van der Waals surface area contributed by atoms with Crippen LogP contribution in [0.4, 0.5) is 4.79 Å². The molecule has 0 aliphatic carbocycles. The lowest BCUT2D eigenvalue weighted by molar-refractivity contribution is -0.525. The highest BCUT2D eigenvalue weighted by Gasteiger charge is 2.30. The van der Waals surface area contributed by atoms with Crippen molar-refractivity contribution in [3.05, 3.63) is 117 Å². The van der Waals surface area contributed by atoms with Crippen LogP contribution in [0.15, 0.2) is 90.1 Å². The molecule has 1 aromatic heterocycles. The summed E-state index contributed by atoms with van der Waals surface area (Å²) in [5.74, 6) is -2.93. The van der Waals surface area contributed by atoms with Crippen molar-refractivity contribution in [2.24, 2.45) is 22.4 Å². The van der Waals surface area contributed by atoms with Gasteiger partial charge in [0.2, 0.25) is 17.7 Å². The molecular weight excluding hydrogens is 766 g/mol. The maximum atomic E-state index is 14.3. The van der Waals surface area contributed by atoms with Gasteiger partial charge in [0.25, 0.3) is 5.96 Å². The molecule has 0 spiro atoms. The van der Waals surface area contributed by atoms with Crippen molar-refractivity contribution in [1.29, 1.82) is 0 Å². The fourth-order valence-corrected chi connectivity index (χ4v) is 6.55. The van der Waals surface area contributed by atoms with E-state index in [0.29, 0.717) is 30.7 Å². The summed E-state index contributed by atoms with van der Waals surface area (Å²) in [4.78, 5) is 71.8. The van der Waals surface area contributed by atoms with Gasteiger partial charge in [-0.3, -0.25) is 14.4 Å². The van der Waals surface area contributed by atoms with Crippen molar-refractivity contribution < 1.29 is 28.9 Å². The Labute approximate surface area is 342 Å². The van der Waals surface area contributed by atoms with Gasteiger partial charge < -0.3 is 37.1 Å². The lowest BCUT2D eigenvalue weighted by atomic mass is 9.90. The first kappa shape index (κ1) is 44.6. The van der Waals surface area contributed by atoms with Gasteiger partial charge in [-0.25, -0.2) is 19.9 Å². The molecule has 9 N–H and O–H groups in total. The summed E-state index contributed by atoms with van der Waals surface area (Å²) >= 11 is 6.13. The van der Waals surface area contributed by atoms with Gasteiger partial charge in [-0.15, -0.1) is 0 Å². The number of amides is 4. The Morgan fingerprint density at radius 1 is 0.828 bits per heavy atom. The summed E-state index contributed by atoms with van der Waals surface area (Å²) < 4.78 is 5.55. The van der Waals surface area contributed by atoms with E-state index in [1.54, 1.807) is 44.5 Å². The number of rotatable bonds is 20. The van der Waals surface area contributed by atoms with Gasteiger partial charge in [0.1, 0.15) is 17.7 Å². The molecule has 4 amide bonds. The number of guanidine groups is 1. The SMILES string of the molecule is CC(C)(C)OC(=O)N[C@H](CC[C@H](Cc1ccccc1)C(=O)N[C@@H](CCCN=C(N)N[N+](=O)[O-])C(=O)N[C@@H](Cc1c[nH]c2ccccc12)C(N)=O)Cc1ccc(Cl)cc1. The molecule has 58 heavy (non-hydrogen) atoms. The summed E-state index contributed by atoms with van der Waals surface area (Å²) in [6.45, 7) is 5.31. The zero-order chi connectivity index (χ0) is 42.2. The van der Waals surface area contributed by atoms with Gasteiger partial charge in [0.05, 0.1) is 0 Å². The molecule has 0 saturated carbocycles. The smallest absolute Gasteiger partial charge is 0.407 e. The molecule has 4 rings (SSSR count). The second-order valence-corrected chi connectivity index (χ2v) is 15.4. The Hall–Kier alpha value is -6.16. The quantitative estimate of drug-likeness (QED) is 0.0218. The standard InChI is InChI=1S/C41H52ClN9O7/c1-41(2,3)58-40(55)47-31(23-27-15-18-30(42)19-16-27)20-17-28(22-26-10-5-4-6-11-26)37(53)48-34(14-9-21-45-39(44)50-51(56)57)38(54)49-35(36(43)52)24-29-25-46-33-13-8-7-12-32(29)33/h4-8,10-13,15-16,18-19,25,28,31,34-35,46H,9,14,17,20-24H2,1-3H3,(H2,43,52)(H,47,55)(H,48,53)(H,49,54)(H3,44,45,50)/t28-,31-,34+,35+/m1/s1. The number of aromatic amines is 1. The molecule has 1 heterocycles. The van der Waals surface area contributed by atoms with Crippen LogP contribution in [0.3, 0.4) is 0 Å². The number of para-hydroxylation sites is 1. The number of carbonyl (C=O) groups excluding carboxylic acids is 4. The molecule has 0 saturated heterocycles. The second kappa shape index (κ2) is 21.4. The van der Waals surface area contributed by atoms with Crippen molar-refractivity contribution in [2.75, 3.05) is 6.54 Å². The summed E-state index contributed by atoms with van der Waals surface area (Å²) in [7, 11) is 0. The predicted molar refractivity (Wildman–Crippen MR) is 222 cm³/mol. The highest BCUT2D eigenvalue weighted by atomic mass is 35.5. The highest BCUT2D eigenvalue weighted by molar-refractivity contribution is 6.30. The number of fused-ring (bicyclic) bond motifs is 1. The van der Waals surface area contributed by atoms with Crippen molar-refractivity contribution in [3.63, 3.8) is 0 Å². The van der Waals surface area contributed by atoms with Crippen LogP contribution in [0.2, 0.25) is 5.02 Å². The molecule has 0 unspecified atom stereocenters. The van der Waals surface area contributed by atoms with Crippen molar-refractivity contribution in [1.82, 2.24) is 26.4 Å². The van der Waals surface area contributed by atoms with Gasteiger partial charge in [-0.2, -0.15) is 0 Å². The van der Waals surface area contributed by atoms with Gasteiger partial charge in [0.15, 0.2) is 5.03 Å². The van der Waals surface area contributed by atoms with Crippen molar-refractivity contribution in [3.8, 4) is 0 Å². The number of H-pyrrole nitrogens is 1. The minimum Gasteiger partial charge on any atom is -0.444 e. The Morgan fingerprint density at radius 2 is 1.48 bits per heavy atom. The fraction of sp³-hybridized carbons (Fsp3) is 0.390. The molecule has 16 nitrogen and oxygen atoms in total. The van der Waals surface area contributed by atoms with E-state index in [-0.39, 0.29) is 25.8 Å². The molecule has 17 heteroatoms. The third-order valence-electron chi connectivity index (χ3n) is 9.21. The summed E-state index contributed by atoms with van der Waals surface area (Å²) in [6, 6.07) is 21.5. The molecule has 0 aliphatic heterocycles. The van der Waals surface area contributed by atoms with Crippen molar-refractivity contribution >= 4 is 52.3 Å². The maximum absolute atomic E-state index is 14.3. The van der Waals surface area contributed by atoms with Crippen LogP contribution in [0, 0.1) is 16.0 Å². The number of hydrogen-bond donors (Lipinski definition) is 7. The van der Waals surface area contributed by atoms with Gasteiger partial charge in [0, 0.05) is 47.0 Å². The van der Waals surface area contributed by atoms with Crippen molar-refractivity contribution in [2.45, 2.75) is 89.4 Å². The number of primary amides is 1. The van der Waals surface area contributed by atoms with Crippen LogP contribution < -0.4 is 32.8 Å². The van der Waals surface area contributed by atoms with Crippen LogP contribution in [-0.2, 0) is 38.4 Å². The van der Waals surface area contributed by atoms with E-state index < -0.39 is 64.5 Å². The number of halogens is 1. The Balaban J connectivity index is 1.57. The van der Waals surface area contributed by atoms with Crippen LogP contribution in [-0.4, -0.2) is 70.1 Å². The largest absolute Gasteiger partial charge is 0.444 e. The predicted octanol–water partition coefficient (Wildman–Crippen LogP) is 4.47. The molecule has 0 bridgehead atoms. The number of hydrogen-bond acceptors (Lipinski definition) is 8. The third-order valence-corrected chi connectivity index (χ3v) is 9.46. The molecule has 310 valence electrons. The molecule has 0 radical (unpaired) electrons. The van der Waals surface area contributed by atoms with E-state index in [1.165, 1.54) is 0 Å². The van der Waals surface area contributed by atoms with E-state index in [1.807, 2.05) is 66.7 Å². The number of nitro groups is 1. The summed E-state index contributed by atoms with van der Waals surface area (Å²) in [5, 5.41) is 20.0. The summed E-state index contributed by atoms with van der Waals surface area (Å²) in [6.07, 6.45) is 2.91. The van der Waals surface area contributed by atoms with E-state index in [4.69, 9.17) is 27.8 Å². The first-order chi connectivity index (χ1) is 27.6. The van der Waals surface area contributed by atoms with Gasteiger partial charge in [-0.1, -0.05) is 77.7 Å². The second-order valence-electron chi connectivity index (χ2n) is 15.0. The van der Waals surface area contributed by atoms with Gasteiger partial charge in [-0.05, 0) is 94.2 Å². The zero-order valence-electron chi connectivity index (χ0n) is 32.8. The fourth-order valence-electron chi connectivity index (χ4n) is 6.43. The number of benzene rings is 3. The van der Waals surface area contributed by atoms with Crippen LogP contribution in [0.1, 0.15) is 63.1 Å².